The molecule has 0 unspecified atom stereocenters. The fraction of sp³-hybridized carbons (Fsp3) is 0.257. The fourth-order valence-electron chi connectivity index (χ4n) is 4.91. The zero-order valence-electron chi connectivity index (χ0n) is 25.8. The van der Waals surface area contributed by atoms with E-state index in [1.807, 2.05) is 42.5 Å². The lowest BCUT2D eigenvalue weighted by molar-refractivity contribution is -0.116. The van der Waals surface area contributed by atoms with Crippen molar-refractivity contribution in [2.75, 3.05) is 55.3 Å². The molecule has 0 bridgehead atoms. The summed E-state index contributed by atoms with van der Waals surface area (Å²) in [5.74, 6) is -0.372. The number of hydrogen-bond acceptors (Lipinski definition) is 5. The Morgan fingerprint density at radius 3 is 2.24 bits per heavy atom. The summed E-state index contributed by atoms with van der Waals surface area (Å²) >= 11 is 12.9. The zero-order valence-corrected chi connectivity index (χ0v) is 27.3. The van der Waals surface area contributed by atoms with Gasteiger partial charge in [-0.25, -0.2) is 4.79 Å². The van der Waals surface area contributed by atoms with Crippen LogP contribution in [0.4, 0.5) is 21.9 Å². The summed E-state index contributed by atoms with van der Waals surface area (Å²) in [5, 5.41) is 8.87. The van der Waals surface area contributed by atoms with E-state index in [-0.39, 0.29) is 45.7 Å². The molecule has 3 aromatic carbocycles. The van der Waals surface area contributed by atoms with Crippen LogP contribution in [0.15, 0.2) is 96.0 Å². The van der Waals surface area contributed by atoms with Gasteiger partial charge in [0.1, 0.15) is 0 Å². The first-order valence-electron chi connectivity index (χ1n) is 15.0. The van der Waals surface area contributed by atoms with Crippen LogP contribution < -0.4 is 20.9 Å². The van der Waals surface area contributed by atoms with Gasteiger partial charge in [-0.2, -0.15) is 0 Å². The Morgan fingerprint density at radius 2 is 1.61 bits per heavy atom. The van der Waals surface area contributed by atoms with E-state index in [4.69, 9.17) is 23.2 Å². The van der Waals surface area contributed by atoms with Gasteiger partial charge in [0.15, 0.2) is 0 Å². The average molecular weight is 662 g/mol. The molecule has 4 amide bonds. The normalized spacial score (nSPS) is 13.4. The van der Waals surface area contributed by atoms with Gasteiger partial charge in [-0.1, -0.05) is 66.2 Å². The second-order valence-electron chi connectivity index (χ2n) is 10.7. The Kier molecular flexibility index (Phi) is 12.8. The number of aliphatic imine (C=N–C) groups is 1. The van der Waals surface area contributed by atoms with Crippen LogP contribution in [0.5, 0.6) is 0 Å². The minimum atomic E-state index is -0.367. The lowest BCUT2D eigenvalue weighted by atomic mass is 10.1. The first kappa shape index (κ1) is 34.3. The first-order chi connectivity index (χ1) is 22.3. The Labute approximate surface area is 280 Å². The van der Waals surface area contributed by atoms with Crippen molar-refractivity contribution < 1.29 is 14.4 Å². The maximum Gasteiger partial charge on any atom is 0.322 e. The quantitative estimate of drug-likeness (QED) is 0.146. The largest absolute Gasteiger partial charge is 0.368 e. The number of carbonyl (C=O) groups is 3. The molecule has 9 nitrogen and oxygen atoms in total. The number of carbonyl (C=O) groups excluding carboxylic acids is 3. The van der Waals surface area contributed by atoms with E-state index in [1.165, 1.54) is 17.7 Å². The molecule has 0 aliphatic carbocycles. The van der Waals surface area contributed by atoms with Crippen molar-refractivity contribution in [3.63, 3.8) is 0 Å². The Bertz CT molecular complexity index is 1560. The van der Waals surface area contributed by atoms with Crippen molar-refractivity contribution >= 4 is 64.3 Å². The monoisotopic (exact) mass is 660 g/mol. The van der Waals surface area contributed by atoms with Crippen LogP contribution in [0.3, 0.4) is 0 Å². The molecular formula is C35H38Cl2N6O3. The second kappa shape index (κ2) is 17.2. The molecule has 1 aliphatic heterocycles. The standard InChI is InChI=1S/C35H38Cl2N6O3/c1-3-25(16-17-38-2)24-39-34(45)27-22-30(36)33(31(37)23-27)41-35(46)43-20-18-42(19-21-43)29-14-12-28(13-15-29)40-32(44)11-7-10-26-8-5-4-6-9-26/h3-6,8-9,12-17,22-23H,1,7,10-11,18-21,24H2,2H3,(H,39,45)(H,40,44)(H,41,46)/b25-16+,38-17?. The number of nitrogens with zero attached hydrogens (tertiary/aromatic N) is 3. The maximum absolute atomic E-state index is 13.1. The van der Waals surface area contributed by atoms with Crippen molar-refractivity contribution in [1.82, 2.24) is 10.2 Å². The van der Waals surface area contributed by atoms with Gasteiger partial charge >= 0.3 is 6.03 Å². The van der Waals surface area contributed by atoms with Crippen molar-refractivity contribution in [2.45, 2.75) is 19.3 Å². The molecule has 240 valence electrons. The highest BCUT2D eigenvalue weighted by molar-refractivity contribution is 6.40. The van der Waals surface area contributed by atoms with Gasteiger partial charge in [-0.05, 0) is 66.5 Å². The zero-order chi connectivity index (χ0) is 32.9. The second-order valence-corrected chi connectivity index (χ2v) is 11.5. The van der Waals surface area contributed by atoms with Crippen LogP contribution in [0.2, 0.25) is 10.0 Å². The molecule has 1 heterocycles. The molecule has 0 atom stereocenters. The lowest BCUT2D eigenvalue weighted by Crippen LogP contribution is -2.50. The molecule has 3 aromatic rings. The van der Waals surface area contributed by atoms with E-state index in [9.17, 15) is 14.4 Å². The molecule has 46 heavy (non-hydrogen) atoms. The number of allylic oxidation sites excluding steroid dienone is 1. The predicted molar refractivity (Wildman–Crippen MR) is 189 cm³/mol. The minimum Gasteiger partial charge on any atom is -0.368 e. The number of amides is 4. The van der Waals surface area contributed by atoms with E-state index in [2.05, 4.69) is 44.6 Å². The Hall–Kier alpha value is -4.60. The van der Waals surface area contributed by atoms with Crippen LogP contribution in [0.25, 0.3) is 0 Å². The Morgan fingerprint density at radius 1 is 0.935 bits per heavy atom. The molecule has 3 N–H and O–H groups in total. The van der Waals surface area contributed by atoms with Crippen LogP contribution in [0.1, 0.15) is 28.8 Å². The number of rotatable bonds is 12. The molecule has 1 aliphatic rings. The molecule has 0 saturated carbocycles. The van der Waals surface area contributed by atoms with Gasteiger partial charge in [0.25, 0.3) is 5.91 Å². The smallest absolute Gasteiger partial charge is 0.322 e. The molecule has 0 spiro atoms. The van der Waals surface area contributed by atoms with Crippen molar-refractivity contribution in [3.05, 3.63) is 112 Å². The van der Waals surface area contributed by atoms with Gasteiger partial charge in [0.2, 0.25) is 5.91 Å². The summed E-state index contributed by atoms with van der Waals surface area (Å²) in [6.45, 7) is 6.23. The average Bonchev–Trinajstić information content (AvgIpc) is 3.07. The number of hydrogen-bond donors (Lipinski definition) is 3. The summed E-state index contributed by atoms with van der Waals surface area (Å²) < 4.78 is 0. The molecule has 4 rings (SSSR count). The highest BCUT2D eigenvalue weighted by Gasteiger charge is 2.23. The van der Waals surface area contributed by atoms with Crippen LogP contribution in [0, 0.1) is 0 Å². The van der Waals surface area contributed by atoms with Crippen molar-refractivity contribution in [3.8, 4) is 0 Å². The van der Waals surface area contributed by atoms with Crippen LogP contribution >= 0.6 is 23.2 Å². The first-order valence-corrected chi connectivity index (χ1v) is 15.8. The fourth-order valence-corrected chi connectivity index (χ4v) is 5.49. The summed E-state index contributed by atoms with van der Waals surface area (Å²) in [6.07, 6.45) is 7.11. The molecular weight excluding hydrogens is 623 g/mol. The SMILES string of the molecule is C=C/C(=C\C=NC)CNC(=O)c1cc(Cl)c(NC(=O)N2CCN(c3ccc(NC(=O)CCCc4ccccc4)cc3)CC2)c(Cl)c1. The number of halogens is 2. The molecule has 11 heteroatoms. The predicted octanol–water partition coefficient (Wildman–Crippen LogP) is 6.85. The number of nitrogens with one attached hydrogen (secondary N) is 3. The molecule has 0 radical (unpaired) electrons. The maximum atomic E-state index is 13.1. The van der Waals surface area contributed by atoms with E-state index in [1.54, 1.807) is 30.3 Å². The van der Waals surface area contributed by atoms with Crippen molar-refractivity contribution in [1.29, 1.82) is 0 Å². The van der Waals surface area contributed by atoms with E-state index < -0.39 is 0 Å². The highest BCUT2D eigenvalue weighted by atomic mass is 35.5. The number of piperazine rings is 1. The van der Waals surface area contributed by atoms with Crippen molar-refractivity contribution in [2.24, 2.45) is 4.99 Å². The van der Waals surface area contributed by atoms with Gasteiger partial charge in [-0.15, -0.1) is 0 Å². The third-order valence-corrected chi connectivity index (χ3v) is 8.08. The van der Waals surface area contributed by atoms with Crippen LogP contribution in [-0.4, -0.2) is 68.7 Å². The summed E-state index contributed by atoms with van der Waals surface area (Å²) in [6, 6.07) is 20.5. The number of urea groups is 1. The molecule has 0 aromatic heterocycles. The number of benzene rings is 3. The summed E-state index contributed by atoms with van der Waals surface area (Å²) in [4.78, 5) is 45.9. The molecule has 1 fully saturated rings. The topological polar surface area (TPSA) is 106 Å². The summed E-state index contributed by atoms with van der Waals surface area (Å²) in [7, 11) is 1.65. The number of anilines is 3. The van der Waals surface area contributed by atoms with E-state index in [0.29, 0.717) is 32.6 Å². The van der Waals surface area contributed by atoms with Gasteiger partial charge in [-0.3, -0.25) is 14.6 Å². The third-order valence-electron chi connectivity index (χ3n) is 7.48. The van der Waals surface area contributed by atoms with Gasteiger partial charge in [0, 0.05) is 69.3 Å². The molecule has 1 saturated heterocycles. The number of aryl methyl sites for hydroxylation is 1. The third kappa shape index (κ3) is 9.95. The van der Waals surface area contributed by atoms with E-state index in [0.717, 1.165) is 29.8 Å². The lowest BCUT2D eigenvalue weighted by Gasteiger charge is -2.36. The highest BCUT2D eigenvalue weighted by Crippen LogP contribution is 2.32. The van der Waals surface area contributed by atoms with E-state index >= 15 is 0 Å². The van der Waals surface area contributed by atoms with Gasteiger partial charge in [0.05, 0.1) is 15.7 Å². The Balaban J connectivity index is 1.23. The van der Waals surface area contributed by atoms with Crippen LogP contribution in [-0.2, 0) is 11.2 Å². The summed E-state index contributed by atoms with van der Waals surface area (Å²) in [5.41, 5.74) is 4.29. The minimum absolute atomic E-state index is 0.00502. The van der Waals surface area contributed by atoms with Gasteiger partial charge < -0.3 is 25.8 Å².